The first-order valence-corrected chi connectivity index (χ1v) is 6.79. The summed E-state index contributed by atoms with van der Waals surface area (Å²) in [6.07, 6.45) is 0.385. The van der Waals surface area contributed by atoms with Crippen LogP contribution in [0, 0.1) is 11.6 Å². The van der Waals surface area contributed by atoms with Crippen LogP contribution in [0.25, 0.3) is 0 Å². The maximum atomic E-state index is 13.6. The Kier molecular flexibility index (Phi) is 4.66. The average Bonchev–Trinajstić information content (AvgIpc) is 2.39. The van der Waals surface area contributed by atoms with Gasteiger partial charge in [0.25, 0.3) is 0 Å². The quantitative estimate of drug-likeness (QED) is 0.903. The first kappa shape index (κ1) is 14.2. The zero-order chi connectivity index (χ0) is 13.8. The van der Waals surface area contributed by atoms with Crippen LogP contribution in [0.15, 0.2) is 46.9 Å². The van der Waals surface area contributed by atoms with Crippen LogP contribution in [0.1, 0.15) is 17.0 Å². The highest BCUT2D eigenvalue weighted by atomic mass is 79.9. The van der Waals surface area contributed by atoms with E-state index >= 15 is 0 Å². The van der Waals surface area contributed by atoms with E-state index in [2.05, 4.69) is 15.9 Å². The van der Waals surface area contributed by atoms with E-state index in [0.29, 0.717) is 18.5 Å². The highest BCUT2D eigenvalue weighted by Gasteiger charge is 2.14. The zero-order valence-corrected chi connectivity index (χ0v) is 11.8. The van der Waals surface area contributed by atoms with Crippen molar-refractivity contribution in [1.29, 1.82) is 0 Å². The molecule has 0 bridgehead atoms. The van der Waals surface area contributed by atoms with Gasteiger partial charge in [-0.3, -0.25) is 0 Å². The van der Waals surface area contributed by atoms with E-state index in [9.17, 15) is 8.78 Å². The minimum atomic E-state index is -0.429. The third-order valence-corrected chi connectivity index (χ3v) is 3.57. The molecule has 2 aromatic carbocycles. The average molecular weight is 326 g/mol. The molecule has 2 N–H and O–H groups in total. The summed E-state index contributed by atoms with van der Waals surface area (Å²) < 4.78 is 27.8. The zero-order valence-electron chi connectivity index (χ0n) is 10.2. The fourth-order valence-electron chi connectivity index (χ4n) is 2.06. The smallest absolute Gasteiger partial charge is 0.126 e. The summed E-state index contributed by atoms with van der Waals surface area (Å²) >= 11 is 3.40. The highest BCUT2D eigenvalue weighted by molar-refractivity contribution is 9.10. The van der Waals surface area contributed by atoms with E-state index in [4.69, 9.17) is 5.73 Å². The summed E-state index contributed by atoms with van der Waals surface area (Å²) in [6.45, 7) is 0.381. The Labute approximate surface area is 119 Å². The van der Waals surface area contributed by atoms with Crippen LogP contribution >= 0.6 is 15.9 Å². The SMILES string of the molecule is NCC(Cc1cc(F)ccc1F)c1cccc(Br)c1. The topological polar surface area (TPSA) is 26.0 Å². The summed E-state index contributed by atoms with van der Waals surface area (Å²) in [4.78, 5) is 0. The Bertz CT molecular complexity index is 572. The van der Waals surface area contributed by atoms with Crippen LogP contribution in [0.5, 0.6) is 0 Å². The van der Waals surface area contributed by atoms with Gasteiger partial charge in [-0.2, -0.15) is 0 Å². The molecule has 100 valence electrons. The van der Waals surface area contributed by atoms with Gasteiger partial charge < -0.3 is 5.73 Å². The molecule has 2 rings (SSSR count). The standard InChI is InChI=1S/C15H14BrF2N/c16-13-3-1-2-10(7-13)12(9-19)6-11-8-14(17)4-5-15(11)18/h1-5,7-8,12H,6,9,19H2. The minimum Gasteiger partial charge on any atom is -0.330 e. The Balaban J connectivity index is 2.26. The third-order valence-electron chi connectivity index (χ3n) is 3.08. The van der Waals surface area contributed by atoms with Gasteiger partial charge in [0.2, 0.25) is 0 Å². The number of hydrogen-bond acceptors (Lipinski definition) is 1. The summed E-state index contributed by atoms with van der Waals surface area (Å²) in [6, 6.07) is 11.2. The van der Waals surface area contributed by atoms with E-state index in [1.54, 1.807) is 0 Å². The number of rotatable bonds is 4. The van der Waals surface area contributed by atoms with Gasteiger partial charge in [-0.1, -0.05) is 28.1 Å². The number of benzene rings is 2. The number of nitrogens with two attached hydrogens (primary N) is 1. The van der Waals surface area contributed by atoms with Gasteiger partial charge in [0.1, 0.15) is 11.6 Å². The van der Waals surface area contributed by atoms with E-state index in [0.717, 1.165) is 22.2 Å². The van der Waals surface area contributed by atoms with Crippen molar-refractivity contribution in [3.63, 3.8) is 0 Å². The van der Waals surface area contributed by atoms with Gasteiger partial charge in [-0.05, 0) is 54.4 Å². The molecule has 1 unspecified atom stereocenters. The molecule has 19 heavy (non-hydrogen) atoms. The molecule has 1 nitrogen and oxygen atoms in total. The second kappa shape index (κ2) is 6.26. The van der Waals surface area contributed by atoms with Crippen LogP contribution in [0.3, 0.4) is 0 Å². The van der Waals surface area contributed by atoms with E-state index in [1.807, 2.05) is 24.3 Å². The Hall–Kier alpha value is -1.26. The van der Waals surface area contributed by atoms with Gasteiger partial charge in [0.15, 0.2) is 0 Å². The van der Waals surface area contributed by atoms with Gasteiger partial charge >= 0.3 is 0 Å². The fraction of sp³-hybridized carbons (Fsp3) is 0.200. The van der Waals surface area contributed by atoms with Crippen molar-refractivity contribution in [2.75, 3.05) is 6.54 Å². The molecule has 0 heterocycles. The van der Waals surface area contributed by atoms with E-state index in [1.165, 1.54) is 6.07 Å². The molecule has 1 atom stereocenters. The molecular formula is C15H14BrF2N. The highest BCUT2D eigenvalue weighted by Crippen LogP contribution is 2.24. The van der Waals surface area contributed by atoms with Crippen LogP contribution in [0.2, 0.25) is 0 Å². The first-order valence-electron chi connectivity index (χ1n) is 5.99. The van der Waals surface area contributed by atoms with Crippen LogP contribution in [-0.4, -0.2) is 6.54 Å². The second-order valence-electron chi connectivity index (χ2n) is 4.43. The molecule has 0 aliphatic carbocycles. The van der Waals surface area contributed by atoms with Crippen LogP contribution < -0.4 is 5.73 Å². The van der Waals surface area contributed by atoms with Gasteiger partial charge in [0.05, 0.1) is 0 Å². The predicted octanol–water partition coefficient (Wildman–Crippen LogP) is 4.01. The van der Waals surface area contributed by atoms with Crippen molar-refractivity contribution in [1.82, 2.24) is 0 Å². The van der Waals surface area contributed by atoms with Crippen molar-refractivity contribution in [3.05, 3.63) is 69.7 Å². The van der Waals surface area contributed by atoms with Crippen molar-refractivity contribution >= 4 is 15.9 Å². The Morgan fingerprint density at radius 3 is 2.58 bits per heavy atom. The first-order chi connectivity index (χ1) is 9.10. The molecule has 0 saturated heterocycles. The molecule has 4 heteroatoms. The van der Waals surface area contributed by atoms with Crippen LogP contribution in [0.4, 0.5) is 8.78 Å². The van der Waals surface area contributed by atoms with Crippen LogP contribution in [-0.2, 0) is 6.42 Å². The Morgan fingerprint density at radius 1 is 1.11 bits per heavy atom. The molecule has 0 fully saturated rings. The lowest BCUT2D eigenvalue weighted by Gasteiger charge is -2.16. The number of hydrogen-bond donors (Lipinski definition) is 1. The minimum absolute atomic E-state index is 0.0335. The lowest BCUT2D eigenvalue weighted by molar-refractivity contribution is 0.570. The molecule has 0 aliphatic rings. The molecule has 0 aliphatic heterocycles. The summed E-state index contributed by atoms with van der Waals surface area (Å²) in [5.41, 5.74) is 7.13. The molecule has 0 amide bonds. The molecule has 0 spiro atoms. The van der Waals surface area contributed by atoms with Crippen molar-refractivity contribution in [2.45, 2.75) is 12.3 Å². The predicted molar refractivity (Wildman–Crippen MR) is 76.0 cm³/mol. The monoisotopic (exact) mass is 325 g/mol. The molecule has 0 radical (unpaired) electrons. The van der Waals surface area contributed by atoms with Gasteiger partial charge in [-0.25, -0.2) is 8.78 Å². The normalized spacial score (nSPS) is 12.4. The van der Waals surface area contributed by atoms with Crippen molar-refractivity contribution < 1.29 is 8.78 Å². The van der Waals surface area contributed by atoms with Gasteiger partial charge in [0, 0.05) is 10.4 Å². The van der Waals surface area contributed by atoms with Crippen molar-refractivity contribution in [2.24, 2.45) is 5.73 Å². The lowest BCUT2D eigenvalue weighted by atomic mass is 9.92. The second-order valence-corrected chi connectivity index (χ2v) is 5.34. The maximum absolute atomic E-state index is 13.6. The lowest BCUT2D eigenvalue weighted by Crippen LogP contribution is -2.15. The molecular weight excluding hydrogens is 312 g/mol. The van der Waals surface area contributed by atoms with Crippen molar-refractivity contribution in [3.8, 4) is 0 Å². The Morgan fingerprint density at radius 2 is 1.89 bits per heavy atom. The largest absolute Gasteiger partial charge is 0.330 e. The maximum Gasteiger partial charge on any atom is 0.126 e. The van der Waals surface area contributed by atoms with E-state index in [-0.39, 0.29) is 5.92 Å². The fourth-order valence-corrected chi connectivity index (χ4v) is 2.48. The molecule has 0 aromatic heterocycles. The summed E-state index contributed by atoms with van der Waals surface area (Å²) in [5, 5.41) is 0. The summed E-state index contributed by atoms with van der Waals surface area (Å²) in [5.74, 6) is -0.856. The van der Waals surface area contributed by atoms with Gasteiger partial charge in [-0.15, -0.1) is 0 Å². The third kappa shape index (κ3) is 3.61. The number of halogens is 3. The molecule has 2 aromatic rings. The van der Waals surface area contributed by atoms with E-state index < -0.39 is 11.6 Å². The summed E-state index contributed by atoms with van der Waals surface area (Å²) in [7, 11) is 0. The molecule has 0 saturated carbocycles.